The summed E-state index contributed by atoms with van der Waals surface area (Å²) < 4.78 is 0. The molecule has 1 atom stereocenters. The van der Waals surface area contributed by atoms with E-state index in [2.05, 4.69) is 11.0 Å². The molecule has 2 aliphatic heterocycles. The summed E-state index contributed by atoms with van der Waals surface area (Å²) >= 11 is 0. The van der Waals surface area contributed by atoms with Gasteiger partial charge in [0.2, 0.25) is 0 Å². The van der Waals surface area contributed by atoms with Crippen molar-refractivity contribution in [3.05, 3.63) is 59.7 Å². The number of phenols is 1. The number of amidine groups is 2. The fraction of sp³-hybridized carbons (Fsp3) is 0.391. The van der Waals surface area contributed by atoms with Crippen molar-refractivity contribution >= 4 is 17.4 Å². The second-order valence-corrected chi connectivity index (χ2v) is 6.98. The molecule has 148 valence electrons. The zero-order chi connectivity index (χ0) is 19.9. The Kier molecular flexibility index (Phi) is 6.82. The Morgan fingerprint density at radius 1 is 1.07 bits per heavy atom. The van der Waals surface area contributed by atoms with Gasteiger partial charge < -0.3 is 15.7 Å². The first kappa shape index (κ1) is 20.1. The molecule has 1 unspecified atom stereocenters. The van der Waals surface area contributed by atoms with Gasteiger partial charge in [-0.2, -0.15) is 0 Å². The summed E-state index contributed by atoms with van der Waals surface area (Å²) in [6.45, 7) is 6.64. The maximum absolute atomic E-state index is 10.3. The van der Waals surface area contributed by atoms with Crippen LogP contribution >= 0.6 is 0 Å². The zero-order valence-electron chi connectivity index (χ0n) is 16.8. The van der Waals surface area contributed by atoms with E-state index in [1.165, 1.54) is 6.42 Å². The highest BCUT2D eigenvalue weighted by molar-refractivity contribution is 6.10. The molecular weight excluding hydrogens is 348 g/mol. The summed E-state index contributed by atoms with van der Waals surface area (Å²) in [5.74, 6) is 2.29. The number of benzene rings is 2. The molecule has 5 heteroatoms. The molecule has 0 aromatic heterocycles. The van der Waals surface area contributed by atoms with E-state index in [0.29, 0.717) is 23.9 Å². The van der Waals surface area contributed by atoms with Crippen LogP contribution in [0.5, 0.6) is 5.75 Å². The molecule has 0 aliphatic carbocycles. The van der Waals surface area contributed by atoms with Crippen LogP contribution in [0.1, 0.15) is 37.8 Å². The molecule has 0 amide bonds. The van der Waals surface area contributed by atoms with Crippen LogP contribution in [0.2, 0.25) is 0 Å². The zero-order valence-corrected chi connectivity index (χ0v) is 16.8. The number of aromatic hydroxyl groups is 1. The van der Waals surface area contributed by atoms with Crippen molar-refractivity contribution in [2.75, 3.05) is 19.6 Å². The van der Waals surface area contributed by atoms with Gasteiger partial charge in [0.25, 0.3) is 0 Å². The SMILES string of the molecule is CC.NCC1CCCN(C2=NC(c3ccccc3O)=Nc3ccccc3C2)C1. The van der Waals surface area contributed by atoms with E-state index in [1.54, 1.807) is 6.07 Å². The number of nitrogens with zero attached hydrogens (tertiary/aromatic N) is 3. The van der Waals surface area contributed by atoms with Crippen LogP contribution in [0.15, 0.2) is 58.5 Å². The minimum Gasteiger partial charge on any atom is -0.507 e. The molecule has 0 bridgehead atoms. The minimum absolute atomic E-state index is 0.201. The van der Waals surface area contributed by atoms with Crippen LogP contribution in [-0.4, -0.2) is 41.3 Å². The topological polar surface area (TPSA) is 74.2 Å². The average Bonchev–Trinajstić information content (AvgIpc) is 2.95. The van der Waals surface area contributed by atoms with Crippen LogP contribution in [0.4, 0.5) is 5.69 Å². The third kappa shape index (κ3) is 4.42. The molecule has 1 saturated heterocycles. The normalized spacial score (nSPS) is 18.8. The van der Waals surface area contributed by atoms with Gasteiger partial charge in [-0.3, -0.25) is 0 Å². The third-order valence-corrected chi connectivity index (χ3v) is 5.16. The van der Waals surface area contributed by atoms with E-state index >= 15 is 0 Å². The summed E-state index contributed by atoms with van der Waals surface area (Å²) in [6, 6.07) is 15.4. The Hall–Kier alpha value is -2.66. The van der Waals surface area contributed by atoms with E-state index in [9.17, 15) is 5.11 Å². The highest BCUT2D eigenvalue weighted by Crippen LogP contribution is 2.28. The maximum Gasteiger partial charge on any atom is 0.165 e. The predicted molar refractivity (Wildman–Crippen MR) is 117 cm³/mol. The van der Waals surface area contributed by atoms with Crippen LogP contribution in [-0.2, 0) is 6.42 Å². The first-order chi connectivity index (χ1) is 13.7. The Labute approximate surface area is 167 Å². The monoisotopic (exact) mass is 378 g/mol. The lowest BCUT2D eigenvalue weighted by Crippen LogP contribution is -2.43. The van der Waals surface area contributed by atoms with Gasteiger partial charge in [0, 0.05) is 19.5 Å². The quantitative estimate of drug-likeness (QED) is 0.825. The van der Waals surface area contributed by atoms with Gasteiger partial charge in [0.1, 0.15) is 11.6 Å². The van der Waals surface area contributed by atoms with Crippen molar-refractivity contribution < 1.29 is 5.11 Å². The van der Waals surface area contributed by atoms with E-state index in [1.807, 2.05) is 50.2 Å². The average molecular weight is 379 g/mol. The molecule has 4 rings (SSSR count). The number of piperidine rings is 1. The van der Waals surface area contributed by atoms with Gasteiger partial charge in [-0.05, 0) is 49.1 Å². The second kappa shape index (κ2) is 9.51. The van der Waals surface area contributed by atoms with Crippen molar-refractivity contribution in [3.8, 4) is 5.75 Å². The first-order valence-electron chi connectivity index (χ1n) is 10.2. The molecule has 0 spiro atoms. The lowest BCUT2D eigenvalue weighted by Gasteiger charge is -2.34. The number of hydrogen-bond acceptors (Lipinski definition) is 5. The number of para-hydroxylation sites is 2. The molecule has 5 nitrogen and oxygen atoms in total. The van der Waals surface area contributed by atoms with Gasteiger partial charge in [-0.25, -0.2) is 9.98 Å². The molecule has 3 N–H and O–H groups in total. The largest absolute Gasteiger partial charge is 0.507 e. The van der Waals surface area contributed by atoms with Gasteiger partial charge in [0.15, 0.2) is 5.84 Å². The number of nitrogens with two attached hydrogens (primary N) is 1. The Morgan fingerprint density at radius 2 is 1.82 bits per heavy atom. The van der Waals surface area contributed by atoms with Crippen molar-refractivity contribution in [3.63, 3.8) is 0 Å². The van der Waals surface area contributed by atoms with Gasteiger partial charge in [-0.15, -0.1) is 0 Å². The standard InChI is InChI=1S/C21H24N4O.C2H6/c22-13-15-6-5-11-25(14-15)20-12-16-7-1-3-9-18(16)23-21(24-20)17-8-2-4-10-19(17)26;1-2/h1-4,7-10,15,26H,5-6,11-14,22H2;1-2H3. The Balaban J connectivity index is 0.00000109. The summed E-state index contributed by atoms with van der Waals surface area (Å²) in [5.41, 5.74) is 8.65. The number of likely N-dealkylation sites (tertiary alicyclic amines) is 1. The smallest absolute Gasteiger partial charge is 0.165 e. The van der Waals surface area contributed by atoms with Crippen LogP contribution in [0.25, 0.3) is 0 Å². The highest BCUT2D eigenvalue weighted by Gasteiger charge is 2.24. The van der Waals surface area contributed by atoms with Crippen molar-refractivity contribution in [1.29, 1.82) is 0 Å². The lowest BCUT2D eigenvalue weighted by molar-refractivity contribution is 0.261. The fourth-order valence-corrected chi connectivity index (χ4v) is 3.70. The van der Waals surface area contributed by atoms with E-state index in [4.69, 9.17) is 15.7 Å². The molecule has 0 saturated carbocycles. The van der Waals surface area contributed by atoms with Crippen molar-refractivity contribution in [1.82, 2.24) is 4.90 Å². The number of hydrogen-bond donors (Lipinski definition) is 2. The fourth-order valence-electron chi connectivity index (χ4n) is 3.70. The van der Waals surface area contributed by atoms with Crippen molar-refractivity contribution in [2.45, 2.75) is 33.1 Å². The minimum atomic E-state index is 0.201. The number of rotatable bonds is 2. The van der Waals surface area contributed by atoms with Crippen LogP contribution < -0.4 is 5.73 Å². The van der Waals surface area contributed by atoms with E-state index < -0.39 is 0 Å². The summed E-state index contributed by atoms with van der Waals surface area (Å²) in [5, 5.41) is 10.3. The molecule has 2 aromatic carbocycles. The van der Waals surface area contributed by atoms with Crippen LogP contribution in [0, 0.1) is 5.92 Å². The third-order valence-electron chi connectivity index (χ3n) is 5.16. The molecular formula is C23H30N4O. The molecule has 28 heavy (non-hydrogen) atoms. The summed E-state index contributed by atoms with van der Waals surface area (Å²) in [4.78, 5) is 12.0. The first-order valence-corrected chi connectivity index (χ1v) is 10.2. The van der Waals surface area contributed by atoms with E-state index in [0.717, 1.165) is 43.0 Å². The molecule has 2 heterocycles. The maximum atomic E-state index is 10.3. The lowest BCUT2D eigenvalue weighted by atomic mass is 9.97. The van der Waals surface area contributed by atoms with Gasteiger partial charge >= 0.3 is 0 Å². The number of fused-ring (bicyclic) bond motifs is 1. The number of aliphatic imine (C=N–C) groups is 2. The predicted octanol–water partition coefficient (Wildman–Crippen LogP) is 4.12. The van der Waals surface area contributed by atoms with E-state index in [-0.39, 0.29) is 5.75 Å². The van der Waals surface area contributed by atoms with Gasteiger partial charge in [-0.1, -0.05) is 44.2 Å². The van der Waals surface area contributed by atoms with Crippen LogP contribution in [0.3, 0.4) is 0 Å². The second-order valence-electron chi connectivity index (χ2n) is 6.98. The summed E-state index contributed by atoms with van der Waals surface area (Å²) in [6.07, 6.45) is 3.05. The Morgan fingerprint density at radius 3 is 2.61 bits per heavy atom. The summed E-state index contributed by atoms with van der Waals surface area (Å²) in [7, 11) is 0. The molecule has 0 radical (unpaired) electrons. The molecule has 1 fully saturated rings. The Bertz CT molecular complexity index is 859. The molecule has 2 aromatic rings. The number of phenolic OH excluding ortho intramolecular Hbond substituents is 1. The highest BCUT2D eigenvalue weighted by atomic mass is 16.3. The van der Waals surface area contributed by atoms with Crippen molar-refractivity contribution in [2.24, 2.45) is 21.6 Å². The van der Waals surface area contributed by atoms with Gasteiger partial charge in [0.05, 0.1) is 11.3 Å². The molecule has 2 aliphatic rings.